The maximum absolute atomic E-state index is 13.5. The van der Waals surface area contributed by atoms with Crippen LogP contribution in [0.5, 0.6) is 5.75 Å². The Morgan fingerprint density at radius 2 is 1.91 bits per heavy atom. The van der Waals surface area contributed by atoms with E-state index in [0.717, 1.165) is 16.8 Å². The van der Waals surface area contributed by atoms with E-state index in [1.165, 1.54) is 16.3 Å². The van der Waals surface area contributed by atoms with Crippen LogP contribution in [0.2, 0.25) is 5.02 Å². The van der Waals surface area contributed by atoms with Crippen molar-refractivity contribution in [3.05, 3.63) is 87.2 Å². The number of anilines is 1. The molecule has 4 rings (SSSR count). The molecule has 0 aliphatic heterocycles. The van der Waals surface area contributed by atoms with Gasteiger partial charge in [-0.25, -0.2) is 4.98 Å². The van der Waals surface area contributed by atoms with Crippen LogP contribution in [0.1, 0.15) is 11.1 Å². The molecule has 4 aromatic rings. The highest BCUT2D eigenvalue weighted by Gasteiger charge is 2.18. The summed E-state index contributed by atoms with van der Waals surface area (Å²) in [4.78, 5) is 30.9. The molecule has 0 aliphatic rings. The minimum atomic E-state index is -0.262. The summed E-state index contributed by atoms with van der Waals surface area (Å²) in [5.41, 5.74) is 3.45. The summed E-state index contributed by atoms with van der Waals surface area (Å²) >= 11 is 7.32. The summed E-state index contributed by atoms with van der Waals surface area (Å²) in [6.07, 6.45) is 0. The molecule has 8 heteroatoms. The van der Waals surface area contributed by atoms with Crippen molar-refractivity contribution in [1.82, 2.24) is 9.55 Å². The molecule has 0 atom stereocenters. The van der Waals surface area contributed by atoms with Gasteiger partial charge in [0.05, 0.1) is 29.5 Å². The summed E-state index contributed by atoms with van der Waals surface area (Å²) in [6.45, 7) is 3.86. The highest BCUT2D eigenvalue weighted by atomic mass is 35.5. The molecule has 168 valence electrons. The van der Waals surface area contributed by atoms with Gasteiger partial charge in [0.1, 0.15) is 5.75 Å². The van der Waals surface area contributed by atoms with Gasteiger partial charge in [0.2, 0.25) is 5.91 Å². The predicted octanol–water partition coefficient (Wildman–Crippen LogP) is 5.40. The molecule has 33 heavy (non-hydrogen) atoms. The lowest BCUT2D eigenvalue weighted by Crippen LogP contribution is -2.23. The molecule has 1 N–H and O–H groups in total. The van der Waals surface area contributed by atoms with E-state index in [-0.39, 0.29) is 17.2 Å². The quantitative estimate of drug-likeness (QED) is 0.296. The Bertz CT molecular complexity index is 1420. The van der Waals surface area contributed by atoms with Crippen molar-refractivity contribution in [2.24, 2.45) is 0 Å². The molecule has 0 spiro atoms. The molecule has 0 saturated heterocycles. The van der Waals surface area contributed by atoms with E-state index >= 15 is 0 Å². The number of aryl methyl sites for hydroxylation is 2. The second kappa shape index (κ2) is 9.68. The maximum Gasteiger partial charge on any atom is 0.266 e. The topological polar surface area (TPSA) is 73.2 Å². The van der Waals surface area contributed by atoms with Crippen LogP contribution in [0.4, 0.5) is 5.69 Å². The number of halogens is 1. The number of thioether (sulfide) groups is 1. The van der Waals surface area contributed by atoms with Crippen molar-refractivity contribution in [2.75, 3.05) is 18.2 Å². The van der Waals surface area contributed by atoms with Crippen LogP contribution in [-0.2, 0) is 4.79 Å². The fourth-order valence-corrected chi connectivity index (χ4v) is 4.42. The van der Waals surface area contributed by atoms with E-state index in [4.69, 9.17) is 16.3 Å². The first-order valence-electron chi connectivity index (χ1n) is 10.2. The van der Waals surface area contributed by atoms with Gasteiger partial charge in [0.25, 0.3) is 5.56 Å². The Morgan fingerprint density at radius 1 is 1.12 bits per heavy atom. The van der Waals surface area contributed by atoms with E-state index in [0.29, 0.717) is 32.5 Å². The van der Waals surface area contributed by atoms with Crippen LogP contribution < -0.4 is 15.6 Å². The van der Waals surface area contributed by atoms with E-state index < -0.39 is 0 Å². The molecule has 6 nitrogen and oxygen atoms in total. The summed E-state index contributed by atoms with van der Waals surface area (Å²) in [5.74, 6) is 0.405. The number of carbonyl (C=O) groups excluding carboxylic acids is 1. The van der Waals surface area contributed by atoms with Gasteiger partial charge in [-0.15, -0.1) is 0 Å². The van der Waals surface area contributed by atoms with E-state index in [2.05, 4.69) is 10.3 Å². The fraction of sp³-hybridized carbons (Fsp3) is 0.160. The number of nitrogens with one attached hydrogen (secondary N) is 1. The third-order valence-corrected chi connectivity index (χ3v) is 6.30. The van der Waals surface area contributed by atoms with Crippen LogP contribution in [0.25, 0.3) is 16.6 Å². The summed E-state index contributed by atoms with van der Waals surface area (Å²) in [6, 6.07) is 18.1. The average molecular weight is 480 g/mol. The normalized spacial score (nSPS) is 10.9. The number of benzene rings is 3. The Balaban J connectivity index is 1.77. The highest BCUT2D eigenvalue weighted by Crippen LogP contribution is 2.29. The van der Waals surface area contributed by atoms with Crippen molar-refractivity contribution in [3.8, 4) is 11.4 Å². The average Bonchev–Trinajstić information content (AvgIpc) is 2.79. The molecular weight excluding hydrogens is 458 g/mol. The SMILES string of the molecule is COc1ccc(C)cc1-n1c(SCC(=O)Nc2ccccc2C)nc2cc(Cl)ccc2c1=O. The molecule has 0 unspecified atom stereocenters. The number of carbonyl (C=O) groups is 1. The number of aromatic nitrogens is 2. The summed E-state index contributed by atoms with van der Waals surface area (Å²) < 4.78 is 7.01. The number of amides is 1. The van der Waals surface area contributed by atoms with Gasteiger partial charge in [-0.3, -0.25) is 14.2 Å². The highest BCUT2D eigenvalue weighted by molar-refractivity contribution is 7.99. The van der Waals surface area contributed by atoms with Gasteiger partial charge >= 0.3 is 0 Å². The maximum atomic E-state index is 13.5. The van der Waals surface area contributed by atoms with Gasteiger partial charge in [0, 0.05) is 10.7 Å². The monoisotopic (exact) mass is 479 g/mol. The first kappa shape index (κ1) is 22.9. The zero-order chi connectivity index (χ0) is 23.5. The molecular formula is C25H22ClN3O3S. The number of fused-ring (bicyclic) bond motifs is 1. The van der Waals surface area contributed by atoms with E-state index in [1.54, 1.807) is 25.3 Å². The minimum absolute atomic E-state index is 0.0704. The molecule has 1 amide bonds. The second-order valence-corrected chi connectivity index (χ2v) is 8.90. The third-order valence-electron chi connectivity index (χ3n) is 5.13. The number of methoxy groups -OCH3 is 1. The van der Waals surface area contributed by atoms with Crippen molar-refractivity contribution < 1.29 is 9.53 Å². The van der Waals surface area contributed by atoms with Gasteiger partial charge in [-0.05, 0) is 61.4 Å². The Kier molecular flexibility index (Phi) is 6.72. The summed E-state index contributed by atoms with van der Waals surface area (Å²) in [5, 5.41) is 4.19. The molecule has 0 bridgehead atoms. The number of hydrogen-bond donors (Lipinski definition) is 1. The predicted molar refractivity (Wildman–Crippen MR) is 134 cm³/mol. The number of nitrogens with zero attached hydrogens (tertiary/aromatic N) is 2. The van der Waals surface area contributed by atoms with Gasteiger partial charge in [-0.1, -0.05) is 47.6 Å². The number of rotatable bonds is 6. The van der Waals surface area contributed by atoms with Crippen LogP contribution in [0.3, 0.4) is 0 Å². The lowest BCUT2D eigenvalue weighted by Gasteiger charge is -2.16. The number of para-hydroxylation sites is 1. The zero-order valence-electron chi connectivity index (χ0n) is 18.4. The van der Waals surface area contributed by atoms with Crippen molar-refractivity contribution in [1.29, 1.82) is 0 Å². The largest absolute Gasteiger partial charge is 0.495 e. The molecule has 1 aromatic heterocycles. The zero-order valence-corrected chi connectivity index (χ0v) is 20.0. The lowest BCUT2D eigenvalue weighted by molar-refractivity contribution is -0.113. The molecule has 0 radical (unpaired) electrons. The van der Waals surface area contributed by atoms with Crippen molar-refractivity contribution in [2.45, 2.75) is 19.0 Å². The molecule has 3 aromatic carbocycles. The molecule has 0 fully saturated rings. The van der Waals surface area contributed by atoms with Crippen LogP contribution in [0.15, 0.2) is 70.6 Å². The van der Waals surface area contributed by atoms with Crippen LogP contribution in [0, 0.1) is 13.8 Å². The number of hydrogen-bond acceptors (Lipinski definition) is 5. The van der Waals surface area contributed by atoms with Gasteiger partial charge < -0.3 is 10.1 Å². The van der Waals surface area contributed by atoms with Crippen molar-refractivity contribution >= 4 is 45.9 Å². The lowest BCUT2D eigenvalue weighted by atomic mass is 10.2. The number of ether oxygens (including phenoxy) is 1. The van der Waals surface area contributed by atoms with Gasteiger partial charge in [0.15, 0.2) is 5.16 Å². The van der Waals surface area contributed by atoms with E-state index in [1.807, 2.05) is 56.3 Å². The second-order valence-electron chi connectivity index (χ2n) is 7.52. The minimum Gasteiger partial charge on any atom is -0.495 e. The Labute approximate surface area is 200 Å². The molecule has 0 saturated carbocycles. The Hall–Kier alpha value is -3.29. The fourth-order valence-electron chi connectivity index (χ4n) is 3.45. The first-order valence-corrected chi connectivity index (χ1v) is 11.6. The Morgan fingerprint density at radius 3 is 2.67 bits per heavy atom. The van der Waals surface area contributed by atoms with E-state index in [9.17, 15) is 9.59 Å². The smallest absolute Gasteiger partial charge is 0.266 e. The molecule has 1 heterocycles. The third kappa shape index (κ3) is 4.89. The van der Waals surface area contributed by atoms with Crippen LogP contribution >= 0.6 is 23.4 Å². The molecule has 0 aliphatic carbocycles. The van der Waals surface area contributed by atoms with Gasteiger partial charge in [-0.2, -0.15) is 0 Å². The van der Waals surface area contributed by atoms with Crippen molar-refractivity contribution in [3.63, 3.8) is 0 Å². The standard InChI is InChI=1S/C25H22ClN3O3S/c1-15-8-11-22(32-3)21(12-15)29-24(31)18-10-9-17(26)13-20(18)28-25(29)33-14-23(30)27-19-7-5-4-6-16(19)2/h4-13H,14H2,1-3H3,(H,27,30). The summed E-state index contributed by atoms with van der Waals surface area (Å²) in [7, 11) is 1.55. The van der Waals surface area contributed by atoms with Crippen LogP contribution in [-0.4, -0.2) is 28.3 Å². The first-order chi connectivity index (χ1) is 15.9.